The highest BCUT2D eigenvalue weighted by molar-refractivity contribution is 7.86. The van der Waals surface area contributed by atoms with Gasteiger partial charge in [0.05, 0.1) is 11.5 Å². The van der Waals surface area contributed by atoms with E-state index in [1.165, 1.54) is 32.1 Å². The highest BCUT2D eigenvalue weighted by Gasteiger charge is 2.57. The standard InChI is InChI=1S/C35H54O4SSi/c1-24-10-13-28(14-11-24)40(36,37)38-23-25(2)30-16-17-31-29-15-12-26-22-27(39-41(8,9)33(3,4)5)18-20-34(26,6)32(29)19-21-35(30,31)7/h10-15,25,27,30-32H,16-23H2,1-9H3/t25?,27-,30?,31?,32?,34-,35+/m0/s1. The molecule has 4 aliphatic rings. The van der Waals surface area contributed by atoms with Gasteiger partial charge in [0.25, 0.3) is 10.1 Å². The van der Waals surface area contributed by atoms with E-state index in [1.54, 1.807) is 23.3 Å². The minimum Gasteiger partial charge on any atom is -0.414 e. The summed E-state index contributed by atoms with van der Waals surface area (Å²) in [5, 5.41) is 0.238. The van der Waals surface area contributed by atoms with E-state index in [4.69, 9.17) is 8.61 Å². The first-order chi connectivity index (χ1) is 19.0. The molecule has 1 aromatic carbocycles. The Kier molecular flexibility index (Phi) is 8.18. The Bertz CT molecular complexity index is 1300. The lowest BCUT2D eigenvalue weighted by Gasteiger charge is -2.56. The fourth-order valence-electron chi connectivity index (χ4n) is 8.72. The summed E-state index contributed by atoms with van der Waals surface area (Å²) in [5.74, 6) is 1.87. The summed E-state index contributed by atoms with van der Waals surface area (Å²) >= 11 is 0. The molecule has 0 N–H and O–H groups in total. The Balaban J connectivity index is 1.29. The van der Waals surface area contributed by atoms with Crippen LogP contribution in [-0.2, 0) is 18.7 Å². The van der Waals surface area contributed by atoms with Gasteiger partial charge in [-0.2, -0.15) is 8.42 Å². The molecule has 0 spiro atoms. The van der Waals surface area contributed by atoms with Crippen LogP contribution in [0.5, 0.6) is 0 Å². The lowest BCUT2D eigenvalue weighted by molar-refractivity contribution is 0.0288. The van der Waals surface area contributed by atoms with Crippen LogP contribution in [0.4, 0.5) is 0 Å². The van der Waals surface area contributed by atoms with Crippen LogP contribution in [0, 0.1) is 41.4 Å². The fraction of sp³-hybridized carbons (Fsp3) is 0.714. The highest BCUT2D eigenvalue weighted by Crippen LogP contribution is 2.66. The maximum absolute atomic E-state index is 12.9. The minimum atomic E-state index is -3.74. The van der Waals surface area contributed by atoms with E-state index in [1.807, 2.05) is 19.1 Å². The van der Waals surface area contributed by atoms with E-state index < -0.39 is 18.4 Å². The second kappa shape index (κ2) is 10.7. The van der Waals surface area contributed by atoms with Crippen molar-refractivity contribution in [3.63, 3.8) is 0 Å². The Morgan fingerprint density at radius 1 is 0.976 bits per heavy atom. The van der Waals surface area contributed by atoms with Crippen molar-refractivity contribution in [1.82, 2.24) is 0 Å². The maximum atomic E-state index is 12.9. The van der Waals surface area contributed by atoms with Crippen LogP contribution in [0.25, 0.3) is 0 Å². The van der Waals surface area contributed by atoms with Crippen molar-refractivity contribution in [3.8, 4) is 0 Å². The fourth-order valence-corrected chi connectivity index (χ4v) is 11.1. The van der Waals surface area contributed by atoms with Gasteiger partial charge in [-0.1, -0.05) is 82.5 Å². The van der Waals surface area contributed by atoms with Crippen LogP contribution < -0.4 is 0 Å². The molecule has 0 aromatic heterocycles. The summed E-state index contributed by atoms with van der Waals surface area (Å²) in [7, 11) is -5.53. The lowest BCUT2D eigenvalue weighted by Crippen LogP contribution is -2.49. The molecule has 0 saturated heterocycles. The monoisotopic (exact) mass is 598 g/mol. The number of hydrogen-bond donors (Lipinski definition) is 0. The van der Waals surface area contributed by atoms with Crippen molar-refractivity contribution in [2.24, 2.45) is 34.5 Å². The molecule has 4 unspecified atom stereocenters. The van der Waals surface area contributed by atoms with Gasteiger partial charge in [-0.25, -0.2) is 0 Å². The quantitative estimate of drug-likeness (QED) is 0.232. The van der Waals surface area contributed by atoms with Crippen molar-refractivity contribution < 1.29 is 17.0 Å². The average molecular weight is 599 g/mol. The largest absolute Gasteiger partial charge is 0.414 e. The summed E-state index contributed by atoms with van der Waals surface area (Å²) in [6.07, 6.45) is 13.6. The van der Waals surface area contributed by atoms with Gasteiger partial charge in [-0.3, -0.25) is 4.18 Å². The summed E-state index contributed by atoms with van der Waals surface area (Å²) in [6, 6.07) is 6.95. The first-order valence-corrected chi connectivity index (χ1v) is 20.3. The van der Waals surface area contributed by atoms with Crippen molar-refractivity contribution in [3.05, 3.63) is 53.1 Å². The molecule has 41 heavy (non-hydrogen) atoms. The van der Waals surface area contributed by atoms with Gasteiger partial charge in [0.2, 0.25) is 0 Å². The molecule has 1 aromatic rings. The van der Waals surface area contributed by atoms with Crippen LogP contribution in [-0.4, -0.2) is 29.4 Å². The molecule has 3 saturated carbocycles. The molecule has 7 atom stereocenters. The van der Waals surface area contributed by atoms with Gasteiger partial charge >= 0.3 is 0 Å². The molecule has 5 rings (SSSR count). The van der Waals surface area contributed by atoms with E-state index in [0.717, 1.165) is 18.4 Å². The number of rotatable bonds is 7. The molecule has 0 heterocycles. The molecule has 0 radical (unpaired) electrons. The Morgan fingerprint density at radius 2 is 1.66 bits per heavy atom. The van der Waals surface area contributed by atoms with Gasteiger partial charge in [-0.05, 0) is 117 Å². The molecule has 0 bridgehead atoms. The zero-order valence-corrected chi connectivity index (χ0v) is 28.9. The predicted octanol–water partition coefficient (Wildman–Crippen LogP) is 9.23. The second-order valence-corrected chi connectivity index (χ2v) is 22.3. The highest BCUT2D eigenvalue weighted by atomic mass is 32.2. The molecule has 3 fully saturated rings. The lowest BCUT2D eigenvalue weighted by atomic mass is 9.50. The van der Waals surface area contributed by atoms with E-state index in [-0.39, 0.29) is 33.3 Å². The zero-order chi connectivity index (χ0) is 30.0. The van der Waals surface area contributed by atoms with E-state index >= 15 is 0 Å². The third-order valence-electron chi connectivity index (χ3n) is 12.3. The summed E-state index contributed by atoms with van der Waals surface area (Å²) in [6.45, 7) is 21.2. The SMILES string of the molecule is Cc1ccc(S(=O)(=O)OCC(C)C2CCC3C4=CC=C5C[C@@H](O[Si](C)(C)C(C)(C)C)CC[C@]5(C)C4CC[C@@]32C)cc1. The van der Waals surface area contributed by atoms with Crippen molar-refractivity contribution in [2.75, 3.05) is 6.61 Å². The molecular weight excluding hydrogens is 545 g/mol. The van der Waals surface area contributed by atoms with E-state index in [0.29, 0.717) is 23.9 Å². The molecule has 6 heteroatoms. The number of hydrogen-bond acceptors (Lipinski definition) is 4. The van der Waals surface area contributed by atoms with Crippen LogP contribution in [0.15, 0.2) is 52.5 Å². The second-order valence-electron chi connectivity index (χ2n) is 15.9. The Morgan fingerprint density at radius 3 is 2.32 bits per heavy atom. The maximum Gasteiger partial charge on any atom is 0.296 e. The van der Waals surface area contributed by atoms with Gasteiger partial charge in [0, 0.05) is 6.10 Å². The van der Waals surface area contributed by atoms with E-state index in [9.17, 15) is 8.42 Å². The topological polar surface area (TPSA) is 52.6 Å². The average Bonchev–Trinajstić information content (AvgIpc) is 3.24. The molecular formula is C35H54O4SSi. The Hall–Kier alpha value is -1.21. The summed E-state index contributed by atoms with van der Waals surface area (Å²) in [4.78, 5) is 0.249. The normalized spacial score (nSPS) is 34.7. The van der Waals surface area contributed by atoms with Gasteiger partial charge in [-0.15, -0.1) is 0 Å². The van der Waals surface area contributed by atoms with Crippen LogP contribution >= 0.6 is 0 Å². The summed E-state index contributed by atoms with van der Waals surface area (Å²) < 4.78 is 38.3. The smallest absolute Gasteiger partial charge is 0.296 e. The van der Waals surface area contributed by atoms with E-state index in [2.05, 4.69) is 66.8 Å². The van der Waals surface area contributed by atoms with Crippen molar-refractivity contribution >= 4 is 18.4 Å². The van der Waals surface area contributed by atoms with Crippen LogP contribution in [0.2, 0.25) is 18.1 Å². The Labute approximate surface area is 251 Å². The number of allylic oxidation sites excluding steroid dienone is 3. The molecule has 0 aliphatic heterocycles. The summed E-state index contributed by atoms with van der Waals surface area (Å²) in [5.41, 5.74) is 4.77. The molecule has 0 amide bonds. The van der Waals surface area contributed by atoms with Crippen LogP contribution in [0.3, 0.4) is 0 Å². The first kappa shape index (κ1) is 31.2. The number of benzene rings is 1. The van der Waals surface area contributed by atoms with Crippen molar-refractivity contribution in [1.29, 1.82) is 0 Å². The molecule has 228 valence electrons. The first-order valence-electron chi connectivity index (χ1n) is 16.0. The van der Waals surface area contributed by atoms with Gasteiger partial charge in [0.1, 0.15) is 0 Å². The third kappa shape index (κ3) is 5.60. The number of aryl methyl sites for hydroxylation is 1. The molecule has 4 nitrogen and oxygen atoms in total. The van der Waals surface area contributed by atoms with Crippen molar-refractivity contribution in [2.45, 2.75) is 123 Å². The zero-order valence-electron chi connectivity index (χ0n) is 27.0. The third-order valence-corrected chi connectivity index (χ3v) is 18.2. The number of fused-ring (bicyclic) bond motifs is 5. The minimum absolute atomic E-state index is 0.190. The molecule has 4 aliphatic carbocycles. The predicted molar refractivity (Wildman–Crippen MR) is 171 cm³/mol. The van der Waals surface area contributed by atoms with Gasteiger partial charge in [0.15, 0.2) is 8.32 Å². The van der Waals surface area contributed by atoms with Crippen LogP contribution in [0.1, 0.15) is 92.1 Å². The van der Waals surface area contributed by atoms with Gasteiger partial charge < -0.3 is 4.43 Å².